The van der Waals surface area contributed by atoms with Gasteiger partial charge in [0, 0.05) is 5.39 Å². The highest BCUT2D eigenvalue weighted by molar-refractivity contribution is 5.83. The summed E-state index contributed by atoms with van der Waals surface area (Å²) in [5, 5.41) is 12.7. The number of nitrogens with zero attached hydrogens (tertiary/aromatic N) is 1. The number of aromatic hydroxyl groups is 1. The molecule has 0 radical (unpaired) electrons. The fourth-order valence-corrected chi connectivity index (χ4v) is 1.90. The Morgan fingerprint density at radius 3 is 2.95 bits per heavy atom. The van der Waals surface area contributed by atoms with Crippen LogP contribution in [0.5, 0.6) is 5.75 Å². The summed E-state index contributed by atoms with van der Waals surface area (Å²) in [6.45, 7) is -0.676. The van der Waals surface area contributed by atoms with E-state index in [4.69, 9.17) is 4.42 Å². The number of phenolic OH excluding ortho intramolecular Hbond substituents is 1. The molecule has 4 nitrogen and oxygen atoms in total. The molecule has 0 atom stereocenters. The van der Waals surface area contributed by atoms with Crippen molar-refractivity contribution in [3.05, 3.63) is 42.5 Å². The number of alkyl halides is 1. The molecule has 0 aliphatic rings. The van der Waals surface area contributed by atoms with Gasteiger partial charge in [-0.2, -0.15) is 0 Å². The van der Waals surface area contributed by atoms with Crippen LogP contribution in [-0.2, 0) is 0 Å². The topological polar surface area (TPSA) is 58.3 Å². The predicted molar refractivity (Wildman–Crippen MR) is 70.7 cm³/mol. The number of furan rings is 1. The molecule has 0 unspecified atom stereocenters. The molecule has 96 valence electrons. The molecule has 2 heterocycles. The number of nitrogens with one attached hydrogen (secondary N) is 1. The number of benzene rings is 1. The molecule has 3 rings (SSSR count). The van der Waals surface area contributed by atoms with Gasteiger partial charge in [0.2, 0.25) is 0 Å². The highest BCUT2D eigenvalue weighted by Gasteiger charge is 2.08. The molecule has 5 heteroatoms. The number of hydrogen-bond donors (Lipinski definition) is 2. The van der Waals surface area contributed by atoms with Gasteiger partial charge in [-0.1, -0.05) is 6.07 Å². The lowest BCUT2D eigenvalue weighted by Crippen LogP contribution is -1.98. The Bertz CT molecular complexity index is 724. The van der Waals surface area contributed by atoms with E-state index in [0.717, 1.165) is 5.39 Å². The first kappa shape index (κ1) is 11.5. The van der Waals surface area contributed by atoms with Crippen molar-refractivity contribution in [2.45, 2.75) is 0 Å². The summed E-state index contributed by atoms with van der Waals surface area (Å²) in [7, 11) is 0. The van der Waals surface area contributed by atoms with E-state index in [2.05, 4.69) is 10.3 Å². The smallest absolute Gasteiger partial charge is 0.160 e. The number of fused-ring (bicyclic) bond motifs is 1. The normalized spacial score (nSPS) is 10.8. The van der Waals surface area contributed by atoms with Gasteiger partial charge in [0.1, 0.15) is 22.8 Å². The molecule has 0 amide bonds. The maximum Gasteiger partial charge on any atom is 0.160 e. The summed E-state index contributed by atoms with van der Waals surface area (Å²) >= 11 is 0. The van der Waals surface area contributed by atoms with E-state index in [-0.39, 0.29) is 5.75 Å². The Hall–Kier alpha value is -2.56. The summed E-state index contributed by atoms with van der Waals surface area (Å²) in [5.74, 6) is 1.20. The van der Waals surface area contributed by atoms with Crippen molar-refractivity contribution in [1.29, 1.82) is 0 Å². The zero-order valence-electron chi connectivity index (χ0n) is 9.93. The molecule has 0 aliphatic heterocycles. The fourth-order valence-electron chi connectivity index (χ4n) is 1.90. The first-order valence-corrected chi connectivity index (χ1v) is 5.76. The van der Waals surface area contributed by atoms with Crippen molar-refractivity contribution in [3.63, 3.8) is 0 Å². The minimum atomic E-state index is -0.676. The molecule has 19 heavy (non-hydrogen) atoms. The van der Waals surface area contributed by atoms with Crippen LogP contribution in [0.15, 0.2) is 46.9 Å². The average Bonchev–Trinajstić information content (AvgIpc) is 2.82. The first-order chi connectivity index (χ1) is 9.26. The summed E-state index contributed by atoms with van der Waals surface area (Å²) in [6.07, 6.45) is 0. The van der Waals surface area contributed by atoms with Crippen LogP contribution in [-0.4, -0.2) is 16.9 Å². The van der Waals surface area contributed by atoms with Gasteiger partial charge < -0.3 is 14.8 Å². The van der Waals surface area contributed by atoms with Gasteiger partial charge >= 0.3 is 0 Å². The van der Waals surface area contributed by atoms with Crippen molar-refractivity contribution < 1.29 is 13.9 Å². The third-order valence-corrected chi connectivity index (χ3v) is 2.75. The van der Waals surface area contributed by atoms with Crippen LogP contribution >= 0.6 is 0 Å². The van der Waals surface area contributed by atoms with E-state index in [1.165, 1.54) is 0 Å². The lowest BCUT2D eigenvalue weighted by Gasteiger charge is -2.01. The number of halogens is 1. The molecule has 0 saturated heterocycles. The van der Waals surface area contributed by atoms with Gasteiger partial charge in [-0.3, -0.25) is 0 Å². The van der Waals surface area contributed by atoms with Gasteiger partial charge in [0.05, 0.1) is 0 Å². The largest absolute Gasteiger partial charge is 0.508 e. The van der Waals surface area contributed by atoms with Gasteiger partial charge in [-0.15, -0.1) is 0 Å². The molecule has 0 spiro atoms. The Labute approximate surface area is 108 Å². The summed E-state index contributed by atoms with van der Waals surface area (Å²) in [4.78, 5) is 4.24. The van der Waals surface area contributed by atoms with Crippen LogP contribution < -0.4 is 5.32 Å². The summed E-state index contributed by atoms with van der Waals surface area (Å²) in [6, 6.07) is 11.9. The number of aromatic nitrogens is 1. The van der Waals surface area contributed by atoms with Crippen molar-refractivity contribution in [2.24, 2.45) is 0 Å². The lowest BCUT2D eigenvalue weighted by molar-refractivity contribution is 0.476. The van der Waals surface area contributed by atoms with Crippen LogP contribution in [0.25, 0.3) is 22.4 Å². The molecular formula is C14H11FN2O2. The number of anilines is 1. The first-order valence-electron chi connectivity index (χ1n) is 5.76. The zero-order chi connectivity index (χ0) is 13.2. The number of phenols is 1. The Balaban J connectivity index is 2.05. The Morgan fingerprint density at radius 2 is 2.11 bits per heavy atom. The number of hydrogen-bond acceptors (Lipinski definition) is 4. The van der Waals surface area contributed by atoms with Crippen LogP contribution in [0.4, 0.5) is 10.2 Å². The highest BCUT2D eigenvalue weighted by Crippen LogP contribution is 2.29. The van der Waals surface area contributed by atoms with Crippen molar-refractivity contribution in [3.8, 4) is 17.2 Å². The second kappa shape index (κ2) is 4.61. The van der Waals surface area contributed by atoms with Crippen LogP contribution in [0.3, 0.4) is 0 Å². The van der Waals surface area contributed by atoms with E-state index < -0.39 is 6.80 Å². The van der Waals surface area contributed by atoms with E-state index in [1.807, 2.05) is 0 Å². The van der Waals surface area contributed by atoms with Crippen LogP contribution in [0.1, 0.15) is 0 Å². The third-order valence-electron chi connectivity index (χ3n) is 2.75. The molecule has 0 aliphatic carbocycles. The SMILES string of the molecule is Oc1ccc2oc(-c3cccc(NCF)n3)cc2c1. The van der Waals surface area contributed by atoms with Crippen molar-refractivity contribution in [2.75, 3.05) is 12.1 Å². The minimum Gasteiger partial charge on any atom is -0.508 e. The Morgan fingerprint density at radius 1 is 1.21 bits per heavy atom. The molecular weight excluding hydrogens is 247 g/mol. The standard InChI is InChI=1S/C14H11FN2O2/c15-8-16-14-3-1-2-11(17-14)13-7-9-6-10(18)4-5-12(9)19-13/h1-7,18H,8H2,(H,16,17). The van der Waals surface area contributed by atoms with E-state index in [0.29, 0.717) is 22.9 Å². The molecule has 0 fully saturated rings. The molecule has 0 bridgehead atoms. The third kappa shape index (κ3) is 2.22. The van der Waals surface area contributed by atoms with Crippen molar-refractivity contribution in [1.82, 2.24) is 4.98 Å². The number of pyridine rings is 1. The van der Waals surface area contributed by atoms with E-state index >= 15 is 0 Å². The quantitative estimate of drug-likeness (QED) is 0.705. The molecule has 2 aromatic heterocycles. The lowest BCUT2D eigenvalue weighted by atomic mass is 10.2. The molecule has 3 aromatic rings. The average molecular weight is 258 g/mol. The van der Waals surface area contributed by atoms with Gasteiger partial charge in [0.25, 0.3) is 0 Å². The maximum atomic E-state index is 12.2. The van der Waals surface area contributed by atoms with Gasteiger partial charge in [-0.05, 0) is 36.4 Å². The number of rotatable bonds is 3. The van der Waals surface area contributed by atoms with Crippen LogP contribution in [0.2, 0.25) is 0 Å². The second-order valence-electron chi connectivity index (χ2n) is 4.05. The van der Waals surface area contributed by atoms with Gasteiger partial charge in [0.15, 0.2) is 12.6 Å². The molecule has 0 saturated carbocycles. The maximum absolute atomic E-state index is 12.2. The second-order valence-corrected chi connectivity index (χ2v) is 4.05. The highest BCUT2D eigenvalue weighted by atomic mass is 19.1. The predicted octanol–water partition coefficient (Wildman–Crippen LogP) is 3.54. The monoisotopic (exact) mass is 258 g/mol. The van der Waals surface area contributed by atoms with Crippen molar-refractivity contribution >= 4 is 16.8 Å². The van der Waals surface area contributed by atoms with Crippen LogP contribution in [0, 0.1) is 0 Å². The summed E-state index contributed by atoms with van der Waals surface area (Å²) in [5.41, 5.74) is 1.27. The zero-order valence-corrected chi connectivity index (χ0v) is 9.93. The van der Waals surface area contributed by atoms with E-state index in [1.54, 1.807) is 42.5 Å². The Kier molecular flexibility index (Phi) is 2.79. The van der Waals surface area contributed by atoms with E-state index in [9.17, 15) is 9.50 Å². The molecule has 1 aromatic carbocycles. The van der Waals surface area contributed by atoms with Gasteiger partial charge in [-0.25, -0.2) is 9.37 Å². The minimum absolute atomic E-state index is 0.181. The molecule has 2 N–H and O–H groups in total. The fraction of sp³-hybridized carbons (Fsp3) is 0.0714. The summed E-state index contributed by atoms with van der Waals surface area (Å²) < 4.78 is 17.9.